The summed E-state index contributed by atoms with van der Waals surface area (Å²) in [5, 5.41) is 9.67. The van der Waals surface area contributed by atoms with Crippen molar-refractivity contribution in [3.05, 3.63) is 59.4 Å². The van der Waals surface area contributed by atoms with Gasteiger partial charge in [0.1, 0.15) is 5.75 Å². The Bertz CT molecular complexity index is 535. The van der Waals surface area contributed by atoms with E-state index < -0.39 is 0 Å². The Balaban J connectivity index is 2.22. The van der Waals surface area contributed by atoms with E-state index in [0.29, 0.717) is 11.1 Å². The van der Waals surface area contributed by atoms with Crippen molar-refractivity contribution >= 4 is 5.78 Å². The number of carbonyl (C=O) groups is 1. The number of aromatic nitrogens is 1. The zero-order valence-corrected chi connectivity index (χ0v) is 9.55. The molecule has 0 unspecified atom stereocenters. The molecule has 2 aromatic rings. The largest absolute Gasteiger partial charge is 0.508 e. The average Bonchev–Trinajstić information content (AvgIpc) is 2.35. The molecule has 0 spiro atoms. The van der Waals surface area contributed by atoms with Gasteiger partial charge in [-0.25, -0.2) is 0 Å². The van der Waals surface area contributed by atoms with Gasteiger partial charge in [-0.2, -0.15) is 0 Å². The number of ketones is 1. The molecule has 1 heterocycles. The van der Waals surface area contributed by atoms with E-state index >= 15 is 0 Å². The summed E-state index contributed by atoms with van der Waals surface area (Å²) in [5.74, 6) is 0.145. The Labute approximate surface area is 99.8 Å². The van der Waals surface area contributed by atoms with Crippen LogP contribution in [0, 0.1) is 6.92 Å². The lowest BCUT2D eigenvalue weighted by molar-refractivity contribution is 0.0992. The molecule has 0 aliphatic carbocycles. The number of aromatic hydroxyl groups is 1. The second-order valence-electron chi connectivity index (χ2n) is 3.97. The molecule has 0 bridgehead atoms. The Morgan fingerprint density at radius 2 is 1.94 bits per heavy atom. The smallest absolute Gasteiger partial charge is 0.167 e. The number of nitrogens with zero attached hydrogens (tertiary/aromatic N) is 1. The average molecular weight is 227 g/mol. The van der Waals surface area contributed by atoms with Gasteiger partial charge >= 0.3 is 0 Å². The van der Waals surface area contributed by atoms with Crippen LogP contribution in [0.25, 0.3) is 0 Å². The predicted molar refractivity (Wildman–Crippen MR) is 65.1 cm³/mol. The van der Waals surface area contributed by atoms with Crippen molar-refractivity contribution in [2.45, 2.75) is 13.3 Å². The van der Waals surface area contributed by atoms with E-state index in [1.165, 1.54) is 0 Å². The molecule has 3 nitrogen and oxygen atoms in total. The van der Waals surface area contributed by atoms with Crippen LogP contribution in [0.5, 0.6) is 5.75 Å². The number of Topliss-reactive ketones (excluding diaryl/α,β-unsaturated/α-hetero) is 1. The van der Waals surface area contributed by atoms with E-state index in [1.54, 1.807) is 30.6 Å². The quantitative estimate of drug-likeness (QED) is 0.820. The summed E-state index contributed by atoms with van der Waals surface area (Å²) >= 11 is 0. The standard InChI is InChI=1S/C14H13NO2/c1-10-2-3-13(16)12(8-10)9-14(17)11-4-6-15-7-5-11/h2-8,16H,9H2,1H3. The Morgan fingerprint density at radius 3 is 2.65 bits per heavy atom. The molecule has 0 fully saturated rings. The zero-order valence-electron chi connectivity index (χ0n) is 9.55. The maximum absolute atomic E-state index is 11.9. The number of aryl methyl sites for hydroxylation is 1. The SMILES string of the molecule is Cc1ccc(O)c(CC(=O)c2ccncc2)c1. The number of benzene rings is 1. The first-order chi connectivity index (χ1) is 8.16. The molecule has 0 aliphatic rings. The third kappa shape index (κ3) is 2.69. The third-order valence-corrected chi connectivity index (χ3v) is 2.59. The van der Waals surface area contributed by atoms with E-state index in [0.717, 1.165) is 5.56 Å². The number of phenolic OH excluding ortho intramolecular Hbond substituents is 1. The van der Waals surface area contributed by atoms with Crippen molar-refractivity contribution in [1.82, 2.24) is 4.98 Å². The van der Waals surface area contributed by atoms with Crippen LogP contribution < -0.4 is 0 Å². The molecule has 1 N–H and O–H groups in total. The van der Waals surface area contributed by atoms with Crippen molar-refractivity contribution in [2.24, 2.45) is 0 Å². The molecule has 0 saturated carbocycles. The number of rotatable bonds is 3. The maximum atomic E-state index is 11.9. The van der Waals surface area contributed by atoms with Crippen LogP contribution in [0.2, 0.25) is 0 Å². The predicted octanol–water partition coefficient (Wildman–Crippen LogP) is 2.52. The van der Waals surface area contributed by atoms with Gasteiger partial charge in [-0.3, -0.25) is 9.78 Å². The van der Waals surface area contributed by atoms with Crippen LogP contribution in [0.4, 0.5) is 0 Å². The van der Waals surface area contributed by atoms with Crippen molar-refractivity contribution in [1.29, 1.82) is 0 Å². The Kier molecular flexibility index (Phi) is 3.19. The summed E-state index contributed by atoms with van der Waals surface area (Å²) in [7, 11) is 0. The summed E-state index contributed by atoms with van der Waals surface area (Å²) < 4.78 is 0. The highest BCUT2D eigenvalue weighted by Crippen LogP contribution is 2.20. The number of hydrogen-bond acceptors (Lipinski definition) is 3. The van der Waals surface area contributed by atoms with Gasteiger partial charge in [-0.1, -0.05) is 17.7 Å². The van der Waals surface area contributed by atoms with Crippen molar-refractivity contribution in [3.63, 3.8) is 0 Å². The summed E-state index contributed by atoms with van der Waals surface area (Å²) in [6.07, 6.45) is 3.38. The van der Waals surface area contributed by atoms with Crippen molar-refractivity contribution in [2.75, 3.05) is 0 Å². The fourth-order valence-corrected chi connectivity index (χ4v) is 1.67. The molecule has 0 saturated heterocycles. The number of hydrogen-bond donors (Lipinski definition) is 1. The lowest BCUT2D eigenvalue weighted by Gasteiger charge is -2.05. The van der Waals surface area contributed by atoms with Gasteiger partial charge in [-0.05, 0) is 25.1 Å². The normalized spacial score (nSPS) is 10.2. The minimum atomic E-state index is -0.0201. The number of phenols is 1. The van der Waals surface area contributed by atoms with E-state index in [-0.39, 0.29) is 18.0 Å². The zero-order chi connectivity index (χ0) is 12.3. The molecule has 0 amide bonds. The van der Waals surface area contributed by atoms with Gasteiger partial charge in [0.15, 0.2) is 5.78 Å². The molecular weight excluding hydrogens is 214 g/mol. The van der Waals surface area contributed by atoms with Crippen LogP contribution in [0.15, 0.2) is 42.7 Å². The summed E-state index contributed by atoms with van der Waals surface area (Å²) in [6, 6.07) is 8.61. The lowest BCUT2D eigenvalue weighted by atomic mass is 10.0. The second-order valence-corrected chi connectivity index (χ2v) is 3.97. The first-order valence-electron chi connectivity index (χ1n) is 5.38. The molecule has 1 aromatic heterocycles. The molecule has 0 radical (unpaired) electrons. The second kappa shape index (κ2) is 4.78. The molecule has 3 heteroatoms. The van der Waals surface area contributed by atoms with E-state index in [9.17, 15) is 9.90 Å². The highest BCUT2D eigenvalue weighted by Gasteiger charge is 2.09. The molecule has 0 aliphatic heterocycles. The van der Waals surface area contributed by atoms with Gasteiger partial charge < -0.3 is 5.11 Å². The summed E-state index contributed by atoms with van der Waals surface area (Å²) in [4.78, 5) is 15.8. The van der Waals surface area contributed by atoms with Gasteiger partial charge in [0, 0.05) is 29.9 Å². The monoisotopic (exact) mass is 227 g/mol. The van der Waals surface area contributed by atoms with E-state index in [2.05, 4.69) is 4.98 Å². The van der Waals surface area contributed by atoms with Crippen LogP contribution in [0.3, 0.4) is 0 Å². The topological polar surface area (TPSA) is 50.2 Å². The van der Waals surface area contributed by atoms with Crippen molar-refractivity contribution in [3.8, 4) is 5.75 Å². The fourth-order valence-electron chi connectivity index (χ4n) is 1.67. The molecule has 2 rings (SSSR count). The van der Waals surface area contributed by atoms with Crippen LogP contribution in [-0.4, -0.2) is 15.9 Å². The number of pyridine rings is 1. The Morgan fingerprint density at radius 1 is 1.24 bits per heavy atom. The van der Waals surface area contributed by atoms with Gasteiger partial charge in [0.25, 0.3) is 0 Å². The lowest BCUT2D eigenvalue weighted by Crippen LogP contribution is -2.03. The van der Waals surface area contributed by atoms with Gasteiger partial charge in [0.2, 0.25) is 0 Å². The molecule has 0 atom stereocenters. The first-order valence-corrected chi connectivity index (χ1v) is 5.38. The van der Waals surface area contributed by atoms with Crippen LogP contribution in [-0.2, 0) is 6.42 Å². The van der Waals surface area contributed by atoms with Crippen LogP contribution >= 0.6 is 0 Å². The minimum Gasteiger partial charge on any atom is -0.508 e. The van der Waals surface area contributed by atoms with Crippen LogP contribution in [0.1, 0.15) is 21.5 Å². The molecule has 86 valence electrons. The van der Waals surface area contributed by atoms with Gasteiger partial charge in [-0.15, -0.1) is 0 Å². The van der Waals surface area contributed by atoms with E-state index in [1.807, 2.05) is 19.1 Å². The molecular formula is C14H13NO2. The fraction of sp³-hybridized carbons (Fsp3) is 0.143. The summed E-state index contributed by atoms with van der Waals surface area (Å²) in [5.41, 5.74) is 2.30. The molecule has 17 heavy (non-hydrogen) atoms. The molecule has 1 aromatic carbocycles. The number of carbonyl (C=O) groups excluding carboxylic acids is 1. The Hall–Kier alpha value is -2.16. The van der Waals surface area contributed by atoms with E-state index in [4.69, 9.17) is 0 Å². The minimum absolute atomic E-state index is 0.0201. The third-order valence-electron chi connectivity index (χ3n) is 2.59. The van der Waals surface area contributed by atoms with Gasteiger partial charge in [0.05, 0.1) is 0 Å². The summed E-state index contributed by atoms with van der Waals surface area (Å²) in [6.45, 7) is 1.93. The maximum Gasteiger partial charge on any atom is 0.167 e. The van der Waals surface area contributed by atoms with Crippen molar-refractivity contribution < 1.29 is 9.90 Å². The highest BCUT2D eigenvalue weighted by molar-refractivity contribution is 5.97. The highest BCUT2D eigenvalue weighted by atomic mass is 16.3. The first kappa shape index (κ1) is 11.3.